The number of carbonyl (C=O) groups is 1. The highest BCUT2D eigenvalue weighted by atomic mass is 35.5. The fourth-order valence-electron chi connectivity index (χ4n) is 3.87. The van der Waals surface area contributed by atoms with Crippen LogP contribution < -0.4 is 9.73 Å². The maximum absolute atomic E-state index is 13.3. The molecule has 0 radical (unpaired) electrons. The van der Waals surface area contributed by atoms with Gasteiger partial charge < -0.3 is 0 Å². The van der Waals surface area contributed by atoms with Crippen LogP contribution >= 0.6 is 11.6 Å². The minimum atomic E-state index is -3.97. The van der Waals surface area contributed by atoms with E-state index in [2.05, 4.69) is 27.6 Å². The van der Waals surface area contributed by atoms with Crippen LogP contribution in [0, 0.1) is 0 Å². The molecule has 0 atom stereocenters. The number of hydrazone groups is 1. The molecule has 1 N–H and O–H groups in total. The average Bonchev–Trinajstić information content (AvgIpc) is 2.88. The van der Waals surface area contributed by atoms with Gasteiger partial charge >= 0.3 is 0 Å². The summed E-state index contributed by atoms with van der Waals surface area (Å²) in [4.78, 5) is 15.2. The minimum Gasteiger partial charge on any atom is -0.298 e. The first-order valence-corrected chi connectivity index (χ1v) is 13.2. The number of hydrogen-bond acceptors (Lipinski definition) is 5. The average molecular weight is 511 g/mol. The maximum atomic E-state index is 13.3. The zero-order valence-corrected chi connectivity index (χ0v) is 20.8. The molecule has 0 aliphatic carbocycles. The van der Waals surface area contributed by atoms with Crippen molar-refractivity contribution in [2.45, 2.75) is 24.3 Å². The number of nitrogens with one attached hydrogen (secondary N) is 1. The van der Waals surface area contributed by atoms with Crippen LogP contribution in [0.3, 0.4) is 0 Å². The van der Waals surface area contributed by atoms with E-state index in [-0.39, 0.29) is 4.90 Å². The zero-order valence-electron chi connectivity index (χ0n) is 19.2. The second-order valence-electron chi connectivity index (χ2n) is 8.28. The van der Waals surface area contributed by atoms with Gasteiger partial charge in [0.2, 0.25) is 0 Å². The number of rotatable bonds is 8. The van der Waals surface area contributed by atoms with E-state index >= 15 is 0 Å². The SMILES string of the molecule is O=C(CN(c1ccc(Cl)cc1)S(=O)(=O)c1ccccc1)NN=C1CCN(Cc2ccccc2)CC1. The quantitative estimate of drug-likeness (QED) is 0.458. The molecule has 35 heavy (non-hydrogen) atoms. The Kier molecular flexibility index (Phi) is 8.17. The zero-order chi connectivity index (χ0) is 24.7. The van der Waals surface area contributed by atoms with Crippen molar-refractivity contribution in [3.63, 3.8) is 0 Å². The molecular weight excluding hydrogens is 484 g/mol. The minimum absolute atomic E-state index is 0.0971. The number of halogens is 1. The van der Waals surface area contributed by atoms with Gasteiger partial charge in [0.05, 0.1) is 10.6 Å². The Labute approximate surface area is 211 Å². The fourth-order valence-corrected chi connectivity index (χ4v) is 5.44. The lowest BCUT2D eigenvalue weighted by Crippen LogP contribution is -2.40. The number of carbonyl (C=O) groups excluding carboxylic acids is 1. The van der Waals surface area contributed by atoms with E-state index in [1.54, 1.807) is 42.5 Å². The van der Waals surface area contributed by atoms with Crippen LogP contribution in [0.1, 0.15) is 18.4 Å². The molecule has 182 valence electrons. The second kappa shape index (κ2) is 11.5. The molecule has 1 aliphatic heterocycles. The smallest absolute Gasteiger partial charge is 0.264 e. The molecule has 4 rings (SSSR count). The molecule has 0 unspecified atom stereocenters. The molecule has 1 amide bonds. The monoisotopic (exact) mass is 510 g/mol. The fraction of sp³-hybridized carbons (Fsp3) is 0.231. The van der Waals surface area contributed by atoms with E-state index in [0.29, 0.717) is 10.7 Å². The lowest BCUT2D eigenvalue weighted by molar-refractivity contribution is -0.119. The van der Waals surface area contributed by atoms with Crippen molar-refractivity contribution in [1.82, 2.24) is 10.3 Å². The molecule has 0 spiro atoms. The summed E-state index contributed by atoms with van der Waals surface area (Å²) < 4.78 is 27.7. The summed E-state index contributed by atoms with van der Waals surface area (Å²) in [6.07, 6.45) is 1.49. The number of anilines is 1. The third-order valence-corrected chi connectivity index (χ3v) is 7.79. The third kappa shape index (κ3) is 6.69. The van der Waals surface area contributed by atoms with Crippen molar-refractivity contribution in [1.29, 1.82) is 0 Å². The Hall–Kier alpha value is -3.20. The molecule has 0 aromatic heterocycles. The van der Waals surface area contributed by atoms with E-state index in [0.717, 1.165) is 42.5 Å². The summed E-state index contributed by atoms with van der Waals surface area (Å²) in [7, 11) is -3.97. The Bertz CT molecular complexity index is 1260. The molecule has 0 saturated carbocycles. The maximum Gasteiger partial charge on any atom is 0.264 e. The van der Waals surface area contributed by atoms with E-state index in [4.69, 9.17) is 11.6 Å². The van der Waals surface area contributed by atoms with Gasteiger partial charge in [-0.3, -0.25) is 14.0 Å². The van der Waals surface area contributed by atoms with E-state index < -0.39 is 22.5 Å². The van der Waals surface area contributed by atoms with Gasteiger partial charge in [0.25, 0.3) is 15.9 Å². The highest BCUT2D eigenvalue weighted by molar-refractivity contribution is 7.92. The van der Waals surface area contributed by atoms with Crippen LogP contribution in [0.25, 0.3) is 0 Å². The highest BCUT2D eigenvalue weighted by Gasteiger charge is 2.27. The molecule has 0 bridgehead atoms. The number of amides is 1. The van der Waals surface area contributed by atoms with Gasteiger partial charge in [0, 0.05) is 43.2 Å². The highest BCUT2D eigenvalue weighted by Crippen LogP contribution is 2.25. The predicted octanol–water partition coefficient (Wildman–Crippen LogP) is 4.30. The summed E-state index contributed by atoms with van der Waals surface area (Å²) in [5.41, 5.74) is 5.06. The molecule has 1 aliphatic rings. The molecule has 3 aromatic rings. The van der Waals surface area contributed by atoms with E-state index in [1.807, 2.05) is 18.2 Å². The van der Waals surface area contributed by atoms with Crippen LogP contribution in [-0.4, -0.2) is 44.6 Å². The first-order chi connectivity index (χ1) is 16.9. The van der Waals surface area contributed by atoms with Crippen LogP contribution in [0.15, 0.2) is 94.9 Å². The van der Waals surface area contributed by atoms with Crippen molar-refractivity contribution in [3.05, 3.63) is 95.5 Å². The van der Waals surface area contributed by atoms with E-state index in [9.17, 15) is 13.2 Å². The number of hydrogen-bond donors (Lipinski definition) is 1. The Morgan fingerprint density at radius 1 is 0.914 bits per heavy atom. The number of nitrogens with zero attached hydrogens (tertiary/aromatic N) is 3. The molecule has 1 fully saturated rings. The summed E-state index contributed by atoms with van der Waals surface area (Å²) >= 11 is 5.98. The lowest BCUT2D eigenvalue weighted by atomic mass is 10.1. The molecule has 3 aromatic carbocycles. The lowest BCUT2D eigenvalue weighted by Gasteiger charge is -2.27. The number of likely N-dealkylation sites (tertiary alicyclic amines) is 1. The summed E-state index contributed by atoms with van der Waals surface area (Å²) in [5, 5.41) is 4.76. The van der Waals surface area contributed by atoms with Crippen molar-refractivity contribution in [2.24, 2.45) is 5.10 Å². The number of benzene rings is 3. The normalized spacial score (nSPS) is 14.4. The van der Waals surface area contributed by atoms with Gasteiger partial charge in [-0.05, 0) is 42.0 Å². The summed E-state index contributed by atoms with van der Waals surface area (Å²) in [6.45, 7) is 2.18. The summed E-state index contributed by atoms with van der Waals surface area (Å²) in [5.74, 6) is -0.515. The van der Waals surface area contributed by atoms with Crippen LogP contribution in [-0.2, 0) is 21.4 Å². The topological polar surface area (TPSA) is 82.1 Å². The van der Waals surface area contributed by atoms with Crippen LogP contribution in [0.4, 0.5) is 5.69 Å². The first-order valence-electron chi connectivity index (χ1n) is 11.4. The number of sulfonamides is 1. The molecule has 7 nitrogen and oxygen atoms in total. The van der Waals surface area contributed by atoms with Crippen molar-refractivity contribution >= 4 is 38.9 Å². The Morgan fingerprint density at radius 2 is 1.51 bits per heavy atom. The van der Waals surface area contributed by atoms with Gasteiger partial charge in [0.1, 0.15) is 6.54 Å². The van der Waals surface area contributed by atoms with Gasteiger partial charge in [0.15, 0.2) is 0 Å². The predicted molar refractivity (Wildman–Crippen MR) is 139 cm³/mol. The Morgan fingerprint density at radius 3 is 2.14 bits per heavy atom. The number of piperidine rings is 1. The Balaban J connectivity index is 1.40. The first kappa shape index (κ1) is 24.9. The standard InChI is InChI=1S/C26H27ClN4O3S/c27-22-11-13-24(14-12-22)31(35(33,34)25-9-5-2-6-10-25)20-26(32)29-28-23-15-17-30(18-16-23)19-21-7-3-1-4-8-21/h1-14H,15-20H2,(H,29,32). The van der Waals surface area contributed by atoms with Gasteiger partial charge in [-0.15, -0.1) is 0 Å². The van der Waals surface area contributed by atoms with Crippen LogP contribution in [0.5, 0.6) is 0 Å². The molecule has 9 heteroatoms. The van der Waals surface area contributed by atoms with Crippen molar-refractivity contribution in [3.8, 4) is 0 Å². The van der Waals surface area contributed by atoms with E-state index in [1.165, 1.54) is 17.7 Å². The third-order valence-electron chi connectivity index (χ3n) is 5.75. The van der Waals surface area contributed by atoms with Crippen LogP contribution in [0.2, 0.25) is 5.02 Å². The molecule has 1 heterocycles. The van der Waals surface area contributed by atoms with Crippen molar-refractivity contribution < 1.29 is 13.2 Å². The van der Waals surface area contributed by atoms with Gasteiger partial charge in [-0.2, -0.15) is 5.10 Å². The van der Waals surface area contributed by atoms with Gasteiger partial charge in [-0.1, -0.05) is 60.1 Å². The summed E-state index contributed by atoms with van der Waals surface area (Å²) in [6, 6.07) is 24.6. The molecule has 1 saturated heterocycles. The second-order valence-corrected chi connectivity index (χ2v) is 10.6. The van der Waals surface area contributed by atoms with Gasteiger partial charge in [-0.25, -0.2) is 13.8 Å². The molecular formula is C26H27ClN4O3S. The largest absolute Gasteiger partial charge is 0.298 e. The van der Waals surface area contributed by atoms with Crippen molar-refractivity contribution in [2.75, 3.05) is 23.9 Å².